The molecule has 4 nitrogen and oxygen atoms in total. The highest BCUT2D eigenvalue weighted by Gasteiger charge is 2.30. The molecule has 1 aromatic rings. The number of halogens is 1. The summed E-state index contributed by atoms with van der Waals surface area (Å²) in [5, 5.41) is 12.5. The summed E-state index contributed by atoms with van der Waals surface area (Å²) in [6.45, 7) is 3.19. The van der Waals surface area contributed by atoms with Gasteiger partial charge in [-0.25, -0.2) is 0 Å². The zero-order chi connectivity index (χ0) is 13.2. The second-order valence-electron chi connectivity index (χ2n) is 4.75. The number of phenolic OH excluding ortho intramolecular Hbond substituents is 1. The van der Waals surface area contributed by atoms with Crippen molar-refractivity contribution in [2.75, 3.05) is 13.2 Å². The molecule has 1 saturated heterocycles. The van der Waals surface area contributed by atoms with Crippen LogP contribution in [0.25, 0.3) is 0 Å². The Bertz CT molecular complexity index is 456. The van der Waals surface area contributed by atoms with E-state index in [1.54, 1.807) is 12.1 Å². The second kappa shape index (κ2) is 5.28. The van der Waals surface area contributed by atoms with Crippen LogP contribution >= 0.6 is 15.9 Å². The smallest absolute Gasteiger partial charge is 0.255 e. The third kappa shape index (κ3) is 3.03. The molecule has 0 aliphatic carbocycles. The summed E-state index contributed by atoms with van der Waals surface area (Å²) < 4.78 is 6.33. The predicted molar refractivity (Wildman–Crippen MR) is 71.7 cm³/mol. The van der Waals surface area contributed by atoms with Crippen molar-refractivity contribution in [1.29, 1.82) is 0 Å². The molecule has 1 atom stereocenters. The zero-order valence-electron chi connectivity index (χ0n) is 10.2. The van der Waals surface area contributed by atoms with Crippen molar-refractivity contribution in [3.8, 4) is 5.75 Å². The summed E-state index contributed by atoms with van der Waals surface area (Å²) >= 11 is 3.24. The number of hydrogen-bond acceptors (Lipinski definition) is 3. The minimum absolute atomic E-state index is 0.0284. The van der Waals surface area contributed by atoms with Gasteiger partial charge in [-0.05, 0) is 38.0 Å². The Hall–Kier alpha value is -1.07. The van der Waals surface area contributed by atoms with Crippen LogP contribution in [-0.2, 0) is 4.74 Å². The molecular weight excluding hydrogens is 298 g/mol. The molecule has 0 radical (unpaired) electrons. The van der Waals surface area contributed by atoms with E-state index < -0.39 is 0 Å². The van der Waals surface area contributed by atoms with Crippen molar-refractivity contribution in [2.24, 2.45) is 0 Å². The lowest BCUT2D eigenvalue weighted by Gasteiger charge is -2.23. The molecule has 18 heavy (non-hydrogen) atoms. The summed E-state index contributed by atoms with van der Waals surface area (Å²) in [7, 11) is 0. The first-order valence-corrected chi connectivity index (χ1v) is 6.70. The van der Waals surface area contributed by atoms with Crippen molar-refractivity contribution in [1.82, 2.24) is 5.32 Å². The minimum Gasteiger partial charge on any atom is -0.507 e. The molecule has 1 aliphatic rings. The van der Waals surface area contributed by atoms with E-state index >= 15 is 0 Å². The molecule has 2 rings (SSSR count). The molecule has 0 saturated carbocycles. The largest absolute Gasteiger partial charge is 0.507 e. The third-order valence-corrected chi connectivity index (χ3v) is 3.62. The number of ether oxygens (including phenoxy) is 1. The lowest BCUT2D eigenvalue weighted by atomic mass is 10.0. The van der Waals surface area contributed by atoms with Gasteiger partial charge < -0.3 is 15.2 Å². The molecule has 0 spiro atoms. The van der Waals surface area contributed by atoms with Crippen LogP contribution in [0.4, 0.5) is 0 Å². The highest BCUT2D eigenvalue weighted by molar-refractivity contribution is 9.10. The van der Waals surface area contributed by atoms with Crippen molar-refractivity contribution in [2.45, 2.75) is 25.4 Å². The fraction of sp³-hybridized carbons (Fsp3) is 0.462. The number of aromatic hydroxyl groups is 1. The fourth-order valence-electron chi connectivity index (χ4n) is 2.04. The van der Waals surface area contributed by atoms with Gasteiger partial charge in [-0.15, -0.1) is 0 Å². The number of amides is 1. The van der Waals surface area contributed by atoms with Gasteiger partial charge in [0.25, 0.3) is 5.91 Å². The monoisotopic (exact) mass is 313 g/mol. The summed E-state index contributed by atoms with van der Waals surface area (Å²) in [5.74, 6) is -0.309. The minimum atomic E-state index is -0.281. The maximum atomic E-state index is 11.9. The summed E-state index contributed by atoms with van der Waals surface area (Å²) in [6, 6.07) is 4.82. The SMILES string of the molecule is CC1(CNC(=O)c2ccc(Br)cc2O)CCCO1. The summed E-state index contributed by atoms with van der Waals surface area (Å²) in [4.78, 5) is 11.9. The zero-order valence-corrected chi connectivity index (χ0v) is 11.8. The van der Waals surface area contributed by atoms with E-state index in [1.165, 1.54) is 6.07 Å². The van der Waals surface area contributed by atoms with E-state index in [0.29, 0.717) is 6.54 Å². The van der Waals surface area contributed by atoms with E-state index in [-0.39, 0.29) is 22.8 Å². The number of nitrogens with one attached hydrogen (secondary N) is 1. The van der Waals surface area contributed by atoms with Gasteiger partial charge in [0.15, 0.2) is 0 Å². The van der Waals surface area contributed by atoms with Gasteiger partial charge in [0.2, 0.25) is 0 Å². The number of hydrogen-bond donors (Lipinski definition) is 2. The van der Waals surface area contributed by atoms with Crippen molar-refractivity contribution in [3.05, 3.63) is 28.2 Å². The molecule has 98 valence electrons. The van der Waals surface area contributed by atoms with E-state index in [9.17, 15) is 9.90 Å². The maximum Gasteiger partial charge on any atom is 0.255 e. The summed E-state index contributed by atoms with van der Waals surface area (Å²) in [5.41, 5.74) is 0.000450. The molecule has 1 heterocycles. The molecule has 5 heteroatoms. The van der Waals surface area contributed by atoms with Crippen LogP contribution in [0.3, 0.4) is 0 Å². The standard InChI is InChI=1S/C13H16BrNO3/c1-13(5-2-6-18-13)8-15-12(17)10-4-3-9(14)7-11(10)16/h3-4,7,16H,2,5-6,8H2,1H3,(H,15,17). The Balaban J connectivity index is 1.99. The molecule has 1 fully saturated rings. The molecule has 1 aromatic carbocycles. The predicted octanol–water partition coefficient (Wildman–Crippen LogP) is 2.45. The average molecular weight is 314 g/mol. The number of benzene rings is 1. The van der Waals surface area contributed by atoms with E-state index in [2.05, 4.69) is 21.2 Å². The average Bonchev–Trinajstić information content (AvgIpc) is 2.74. The molecule has 2 N–H and O–H groups in total. The quantitative estimate of drug-likeness (QED) is 0.901. The van der Waals surface area contributed by atoms with Crippen LogP contribution in [0.1, 0.15) is 30.1 Å². The van der Waals surface area contributed by atoms with Gasteiger partial charge in [-0.1, -0.05) is 15.9 Å². The number of phenols is 1. The molecule has 1 unspecified atom stereocenters. The highest BCUT2D eigenvalue weighted by Crippen LogP contribution is 2.25. The van der Waals surface area contributed by atoms with Gasteiger partial charge in [-0.3, -0.25) is 4.79 Å². The van der Waals surface area contributed by atoms with Crippen molar-refractivity contribution in [3.63, 3.8) is 0 Å². The fourth-order valence-corrected chi connectivity index (χ4v) is 2.38. The number of rotatable bonds is 3. The topological polar surface area (TPSA) is 58.6 Å². The van der Waals surface area contributed by atoms with Gasteiger partial charge in [0.1, 0.15) is 5.75 Å². The lowest BCUT2D eigenvalue weighted by molar-refractivity contribution is 0.0205. The molecular formula is C13H16BrNO3. The number of carbonyl (C=O) groups excluding carboxylic acids is 1. The molecule has 1 aliphatic heterocycles. The van der Waals surface area contributed by atoms with Crippen LogP contribution in [0.15, 0.2) is 22.7 Å². The Labute approximate surface area is 114 Å². The summed E-state index contributed by atoms with van der Waals surface area (Å²) in [6.07, 6.45) is 1.97. The van der Waals surface area contributed by atoms with Crippen LogP contribution in [0.5, 0.6) is 5.75 Å². The third-order valence-electron chi connectivity index (χ3n) is 3.13. The Morgan fingerprint density at radius 1 is 1.61 bits per heavy atom. The number of carbonyl (C=O) groups is 1. The maximum absolute atomic E-state index is 11.9. The first kappa shape index (κ1) is 13.4. The van der Waals surface area contributed by atoms with Gasteiger partial charge >= 0.3 is 0 Å². The van der Waals surface area contributed by atoms with E-state index in [4.69, 9.17) is 4.74 Å². The van der Waals surface area contributed by atoms with Gasteiger partial charge in [0, 0.05) is 17.6 Å². The second-order valence-corrected chi connectivity index (χ2v) is 5.66. The Kier molecular flexibility index (Phi) is 3.92. The molecule has 1 amide bonds. The normalized spacial score (nSPS) is 23.0. The van der Waals surface area contributed by atoms with Crippen LogP contribution in [-0.4, -0.2) is 29.8 Å². The van der Waals surface area contributed by atoms with Gasteiger partial charge in [0.05, 0.1) is 11.2 Å². The highest BCUT2D eigenvalue weighted by atomic mass is 79.9. The van der Waals surface area contributed by atoms with E-state index in [1.807, 2.05) is 6.92 Å². The first-order valence-electron chi connectivity index (χ1n) is 5.91. The molecule has 0 aromatic heterocycles. The Morgan fingerprint density at radius 2 is 2.39 bits per heavy atom. The lowest BCUT2D eigenvalue weighted by Crippen LogP contribution is -2.40. The van der Waals surface area contributed by atoms with Crippen LogP contribution < -0.4 is 5.32 Å². The first-order chi connectivity index (χ1) is 8.50. The van der Waals surface area contributed by atoms with Crippen molar-refractivity contribution >= 4 is 21.8 Å². The Morgan fingerprint density at radius 3 is 3.00 bits per heavy atom. The van der Waals surface area contributed by atoms with E-state index in [0.717, 1.165) is 23.9 Å². The molecule has 0 bridgehead atoms. The van der Waals surface area contributed by atoms with Crippen molar-refractivity contribution < 1.29 is 14.6 Å². The van der Waals surface area contributed by atoms with Crippen LogP contribution in [0, 0.1) is 0 Å². The van der Waals surface area contributed by atoms with Crippen LogP contribution in [0.2, 0.25) is 0 Å². The van der Waals surface area contributed by atoms with Gasteiger partial charge in [-0.2, -0.15) is 0 Å².